The number of carbonyl (C=O) groups excluding carboxylic acids is 2. The van der Waals surface area contributed by atoms with Gasteiger partial charge in [-0.3, -0.25) is 14.4 Å². The van der Waals surface area contributed by atoms with Crippen molar-refractivity contribution in [1.29, 1.82) is 0 Å². The lowest BCUT2D eigenvalue weighted by molar-refractivity contribution is -0.154. The molecule has 2 aromatic rings. The summed E-state index contributed by atoms with van der Waals surface area (Å²) in [4.78, 5) is 50.8. The van der Waals surface area contributed by atoms with E-state index in [2.05, 4.69) is 15.0 Å². The fourth-order valence-electron chi connectivity index (χ4n) is 4.60. The Kier molecular flexibility index (Phi) is 4.33. The average Bonchev–Trinajstić information content (AvgIpc) is 3.36. The first-order valence-corrected chi connectivity index (χ1v) is 9.74. The maximum absolute atomic E-state index is 13.1. The second-order valence-electron chi connectivity index (χ2n) is 7.18. The van der Waals surface area contributed by atoms with Gasteiger partial charge in [-0.25, -0.2) is 9.97 Å². The van der Waals surface area contributed by atoms with Crippen LogP contribution in [0.15, 0.2) is 21.9 Å². The summed E-state index contributed by atoms with van der Waals surface area (Å²) < 4.78 is 5.13. The topological polar surface area (TPSA) is 105 Å². The van der Waals surface area contributed by atoms with E-state index in [1.807, 2.05) is 5.38 Å². The fraction of sp³-hybridized carbons (Fsp3) is 0.500. The van der Waals surface area contributed by atoms with Crippen LogP contribution in [-0.2, 0) is 16.0 Å². The van der Waals surface area contributed by atoms with Crippen molar-refractivity contribution in [2.24, 2.45) is 5.41 Å². The molecular weight excluding hydrogens is 368 g/mol. The molecule has 0 saturated carbocycles. The SMILES string of the molecule is COC(=O)[C@@]1(Cc2cscn2)C[C@H]2CC[C@@H]1N2C(=O)c1cnc(C)[nH]c1=O. The van der Waals surface area contributed by atoms with Crippen LogP contribution in [0.3, 0.4) is 0 Å². The second kappa shape index (κ2) is 6.56. The zero-order chi connectivity index (χ0) is 19.2. The Hall–Kier alpha value is -2.55. The number of esters is 1. The van der Waals surface area contributed by atoms with E-state index in [-0.39, 0.29) is 29.5 Å². The summed E-state index contributed by atoms with van der Waals surface area (Å²) in [6.45, 7) is 1.66. The van der Waals surface area contributed by atoms with Crippen molar-refractivity contribution >= 4 is 23.2 Å². The summed E-state index contributed by atoms with van der Waals surface area (Å²) >= 11 is 1.47. The molecule has 0 unspecified atom stereocenters. The number of amides is 1. The van der Waals surface area contributed by atoms with Crippen LogP contribution in [0.5, 0.6) is 0 Å². The zero-order valence-corrected chi connectivity index (χ0v) is 15.9. The van der Waals surface area contributed by atoms with E-state index in [4.69, 9.17) is 4.74 Å². The van der Waals surface area contributed by atoms with Crippen LogP contribution in [0.1, 0.15) is 41.1 Å². The van der Waals surface area contributed by atoms with Gasteiger partial charge in [-0.2, -0.15) is 0 Å². The molecule has 9 heteroatoms. The largest absolute Gasteiger partial charge is 0.469 e. The molecule has 0 radical (unpaired) electrons. The Balaban J connectivity index is 1.71. The first-order chi connectivity index (χ1) is 13.0. The van der Waals surface area contributed by atoms with Gasteiger partial charge in [0.2, 0.25) is 0 Å². The minimum Gasteiger partial charge on any atom is -0.469 e. The Morgan fingerprint density at radius 2 is 2.22 bits per heavy atom. The minimum atomic E-state index is -0.827. The van der Waals surface area contributed by atoms with E-state index in [0.29, 0.717) is 25.1 Å². The molecule has 2 aliphatic rings. The van der Waals surface area contributed by atoms with Crippen LogP contribution in [0, 0.1) is 12.3 Å². The number of rotatable bonds is 4. The molecule has 4 rings (SSSR count). The van der Waals surface area contributed by atoms with Crippen molar-refractivity contribution in [3.8, 4) is 0 Å². The Morgan fingerprint density at radius 3 is 2.89 bits per heavy atom. The Labute approximate surface area is 159 Å². The molecule has 142 valence electrons. The summed E-state index contributed by atoms with van der Waals surface area (Å²) in [6, 6.07) is -0.411. The number of aromatic nitrogens is 3. The van der Waals surface area contributed by atoms with Crippen molar-refractivity contribution in [3.05, 3.63) is 44.5 Å². The predicted octanol–water partition coefficient (Wildman–Crippen LogP) is 1.31. The molecule has 1 N–H and O–H groups in total. The highest BCUT2D eigenvalue weighted by Gasteiger charge is 2.62. The molecule has 2 saturated heterocycles. The fourth-order valence-corrected chi connectivity index (χ4v) is 5.16. The molecule has 1 amide bonds. The average molecular weight is 388 g/mol. The van der Waals surface area contributed by atoms with Crippen molar-refractivity contribution in [3.63, 3.8) is 0 Å². The normalized spacial score (nSPS) is 26.4. The van der Waals surface area contributed by atoms with Gasteiger partial charge in [0.25, 0.3) is 11.5 Å². The maximum Gasteiger partial charge on any atom is 0.314 e. The van der Waals surface area contributed by atoms with Gasteiger partial charge in [-0.05, 0) is 26.2 Å². The highest BCUT2D eigenvalue weighted by atomic mass is 32.1. The van der Waals surface area contributed by atoms with E-state index in [9.17, 15) is 14.4 Å². The summed E-state index contributed by atoms with van der Waals surface area (Å²) in [5.74, 6) is -0.245. The van der Waals surface area contributed by atoms with Gasteiger partial charge in [0.1, 0.15) is 11.4 Å². The molecule has 8 nitrogen and oxygen atoms in total. The molecule has 3 atom stereocenters. The molecular formula is C18H20N4O4S. The number of methoxy groups -OCH3 is 1. The van der Waals surface area contributed by atoms with Crippen LogP contribution in [-0.4, -0.2) is 50.9 Å². The van der Waals surface area contributed by atoms with Gasteiger partial charge >= 0.3 is 5.97 Å². The third kappa shape index (κ3) is 2.77. The summed E-state index contributed by atoms with van der Waals surface area (Å²) in [7, 11) is 1.37. The second-order valence-corrected chi connectivity index (χ2v) is 7.90. The van der Waals surface area contributed by atoms with Crippen molar-refractivity contribution < 1.29 is 14.3 Å². The first-order valence-electron chi connectivity index (χ1n) is 8.80. The van der Waals surface area contributed by atoms with Crippen molar-refractivity contribution in [2.45, 2.75) is 44.7 Å². The summed E-state index contributed by atoms with van der Waals surface area (Å²) in [5.41, 5.74) is 1.27. The number of hydrogen-bond acceptors (Lipinski definition) is 7. The number of hydrogen-bond donors (Lipinski definition) is 1. The molecule has 2 aliphatic heterocycles. The van der Waals surface area contributed by atoms with Gasteiger partial charge in [0.05, 0.1) is 23.7 Å². The highest BCUT2D eigenvalue weighted by molar-refractivity contribution is 7.07. The van der Waals surface area contributed by atoms with Gasteiger partial charge in [-0.1, -0.05) is 0 Å². The number of aryl methyl sites for hydroxylation is 1. The smallest absolute Gasteiger partial charge is 0.314 e. The Morgan fingerprint density at radius 1 is 1.41 bits per heavy atom. The molecule has 4 heterocycles. The maximum atomic E-state index is 13.1. The standard InChI is InChI=1S/C18H20N4O4S/c1-10-19-7-13(15(23)21-10)16(24)22-12-3-4-14(22)18(6-12,17(25)26-2)5-11-8-27-9-20-11/h7-9,12,14H,3-6H2,1-2H3,(H,19,21,23)/t12-,14+,18+/m1/s1. The molecule has 0 aromatic carbocycles. The van der Waals surface area contributed by atoms with Gasteiger partial charge < -0.3 is 14.6 Å². The van der Waals surface area contributed by atoms with Crippen LogP contribution in [0.2, 0.25) is 0 Å². The van der Waals surface area contributed by atoms with Gasteiger partial charge in [0.15, 0.2) is 0 Å². The first kappa shape index (κ1) is 17.8. The van der Waals surface area contributed by atoms with Crippen LogP contribution >= 0.6 is 11.3 Å². The number of fused-ring (bicyclic) bond motifs is 2. The van der Waals surface area contributed by atoms with E-state index < -0.39 is 11.0 Å². The van der Waals surface area contributed by atoms with E-state index in [1.54, 1.807) is 17.3 Å². The molecule has 0 spiro atoms. The quantitative estimate of drug-likeness (QED) is 0.792. The van der Waals surface area contributed by atoms with E-state index in [1.165, 1.54) is 24.6 Å². The minimum absolute atomic E-state index is 0.00632. The Bertz CT molecular complexity index is 941. The molecule has 2 bridgehead atoms. The third-order valence-electron chi connectivity index (χ3n) is 5.70. The number of aromatic amines is 1. The van der Waals surface area contributed by atoms with E-state index >= 15 is 0 Å². The third-order valence-corrected chi connectivity index (χ3v) is 6.34. The monoisotopic (exact) mass is 388 g/mol. The highest BCUT2D eigenvalue weighted by Crippen LogP contribution is 2.52. The lowest BCUT2D eigenvalue weighted by Crippen LogP contribution is -2.47. The molecule has 27 heavy (non-hydrogen) atoms. The number of ether oxygens (including phenoxy) is 1. The number of H-pyrrole nitrogens is 1. The molecule has 0 aliphatic carbocycles. The predicted molar refractivity (Wildman–Crippen MR) is 97.5 cm³/mol. The van der Waals surface area contributed by atoms with Crippen molar-refractivity contribution in [1.82, 2.24) is 19.9 Å². The lowest BCUT2D eigenvalue weighted by Gasteiger charge is -2.34. The number of carbonyl (C=O) groups is 2. The number of nitrogens with one attached hydrogen (secondary N) is 1. The van der Waals surface area contributed by atoms with Crippen LogP contribution in [0.4, 0.5) is 0 Å². The number of nitrogens with zero attached hydrogens (tertiary/aromatic N) is 3. The summed E-state index contributed by atoms with van der Waals surface area (Å²) in [5, 5.41) is 1.91. The van der Waals surface area contributed by atoms with E-state index in [0.717, 1.165) is 12.1 Å². The van der Waals surface area contributed by atoms with Gasteiger partial charge in [0, 0.05) is 30.1 Å². The molecule has 2 aromatic heterocycles. The molecule has 2 fully saturated rings. The zero-order valence-electron chi connectivity index (χ0n) is 15.1. The van der Waals surface area contributed by atoms with Crippen LogP contribution in [0.25, 0.3) is 0 Å². The van der Waals surface area contributed by atoms with Gasteiger partial charge in [-0.15, -0.1) is 11.3 Å². The summed E-state index contributed by atoms with van der Waals surface area (Å²) in [6.07, 6.45) is 3.77. The lowest BCUT2D eigenvalue weighted by atomic mass is 9.71. The van der Waals surface area contributed by atoms with Crippen molar-refractivity contribution in [2.75, 3.05) is 7.11 Å². The van der Waals surface area contributed by atoms with Crippen LogP contribution < -0.4 is 5.56 Å². The number of thiazole rings is 1.